The van der Waals surface area contributed by atoms with Crippen LogP contribution in [0.25, 0.3) is 49.2 Å². The summed E-state index contributed by atoms with van der Waals surface area (Å²) in [4.78, 5) is 3.79. The highest BCUT2D eigenvalue weighted by Crippen LogP contribution is 2.44. The number of rotatable bonds is 2. The molecule has 5 rings (SSSR count). The molecule has 3 aromatic carbocycles. The Hall–Kier alpha value is -3.90. The van der Waals surface area contributed by atoms with Crippen molar-refractivity contribution in [3.05, 3.63) is 95.0 Å². The van der Waals surface area contributed by atoms with Crippen molar-refractivity contribution in [2.75, 3.05) is 0 Å². The third-order valence-electron chi connectivity index (χ3n) is 6.26. The maximum atomic E-state index is 7.71. The van der Waals surface area contributed by atoms with E-state index in [1.807, 2.05) is 42.5 Å². The predicted octanol–water partition coefficient (Wildman–Crippen LogP) is 7.22. The number of pyridine rings is 1. The van der Waals surface area contributed by atoms with Gasteiger partial charge in [0, 0.05) is 28.0 Å². The van der Waals surface area contributed by atoms with Crippen molar-refractivity contribution in [3.8, 4) is 22.4 Å². The summed E-state index contributed by atoms with van der Waals surface area (Å²) in [5.41, 5.74) is 10.0. The Morgan fingerprint density at radius 1 is 0.774 bits per heavy atom. The van der Waals surface area contributed by atoms with Gasteiger partial charge in [0.2, 0.25) is 5.69 Å². The van der Waals surface area contributed by atoms with Gasteiger partial charge in [0.25, 0.3) is 0 Å². The molecule has 3 nitrogen and oxygen atoms in total. The zero-order valence-corrected chi connectivity index (χ0v) is 18.2. The van der Waals surface area contributed by atoms with Crippen molar-refractivity contribution in [3.63, 3.8) is 0 Å². The Labute approximate surface area is 182 Å². The summed E-state index contributed by atoms with van der Waals surface area (Å²) in [7, 11) is 2.08. The number of hydrogen-bond donors (Lipinski definition) is 0. The van der Waals surface area contributed by atoms with Crippen molar-refractivity contribution in [1.29, 1.82) is 0 Å². The minimum atomic E-state index is 0.605. The molecular weight excluding hydrogens is 380 g/mol. The van der Waals surface area contributed by atoms with Gasteiger partial charge in [-0.05, 0) is 37.5 Å². The van der Waals surface area contributed by atoms with E-state index >= 15 is 0 Å². The van der Waals surface area contributed by atoms with Gasteiger partial charge in [-0.15, -0.1) is 0 Å². The quantitative estimate of drug-likeness (QED) is 0.225. The van der Waals surface area contributed by atoms with Crippen LogP contribution in [-0.2, 0) is 7.05 Å². The Kier molecular flexibility index (Phi) is 4.38. The number of hydrogen-bond acceptors (Lipinski definition) is 1. The molecule has 0 saturated heterocycles. The smallest absolute Gasteiger partial charge is 0.219 e. The van der Waals surface area contributed by atoms with E-state index in [-0.39, 0.29) is 0 Å². The fraction of sp³-hybridized carbons (Fsp3) is 0.143. The minimum Gasteiger partial charge on any atom is -0.456 e. The first-order valence-electron chi connectivity index (χ1n) is 10.4. The zero-order valence-electron chi connectivity index (χ0n) is 18.2. The third kappa shape index (κ3) is 2.84. The van der Waals surface area contributed by atoms with Crippen molar-refractivity contribution in [2.24, 2.45) is 7.05 Å². The molecule has 0 fully saturated rings. The van der Waals surface area contributed by atoms with Crippen LogP contribution in [0.3, 0.4) is 0 Å². The summed E-state index contributed by atoms with van der Waals surface area (Å²) in [6.45, 7) is 14.2. The first kappa shape index (κ1) is 19.1. The van der Waals surface area contributed by atoms with Gasteiger partial charge >= 0.3 is 0 Å². The molecule has 0 unspecified atom stereocenters. The third-order valence-corrected chi connectivity index (χ3v) is 6.26. The zero-order chi connectivity index (χ0) is 21.7. The molecule has 0 bridgehead atoms. The average molecular weight is 404 g/mol. The van der Waals surface area contributed by atoms with Gasteiger partial charge in [-0.3, -0.25) is 0 Å². The Bertz CT molecular complexity index is 1520. The largest absolute Gasteiger partial charge is 0.456 e. The Morgan fingerprint density at radius 2 is 1.45 bits per heavy atom. The van der Waals surface area contributed by atoms with Crippen molar-refractivity contribution in [1.82, 2.24) is 0 Å². The monoisotopic (exact) mass is 403 g/mol. The standard InChI is InChI=1S/C28H23N2O/c1-17-15-16-30(5)26(19(17)3)24-18(2)11-12-21-22-13-14-23(29-4)25(28(22)31-27(21)24)20-9-7-6-8-10-20/h6-16H,1-3,5H3/q+1. The average Bonchev–Trinajstić information content (AvgIpc) is 3.16. The first-order valence-corrected chi connectivity index (χ1v) is 10.4. The maximum absolute atomic E-state index is 7.71. The fourth-order valence-corrected chi connectivity index (χ4v) is 4.50. The van der Waals surface area contributed by atoms with Crippen LogP contribution in [0.1, 0.15) is 16.7 Å². The summed E-state index contributed by atoms with van der Waals surface area (Å²) < 4.78 is 8.81. The van der Waals surface area contributed by atoms with Crippen LogP contribution in [0.4, 0.5) is 5.69 Å². The number of aryl methyl sites for hydroxylation is 3. The van der Waals surface area contributed by atoms with Gasteiger partial charge in [0.1, 0.15) is 18.2 Å². The number of aromatic nitrogens is 1. The second-order valence-corrected chi connectivity index (χ2v) is 8.13. The van der Waals surface area contributed by atoms with Gasteiger partial charge in [-0.25, -0.2) is 9.41 Å². The van der Waals surface area contributed by atoms with Gasteiger partial charge in [-0.1, -0.05) is 54.6 Å². The molecule has 0 N–H and O–H groups in total. The lowest BCUT2D eigenvalue weighted by Crippen LogP contribution is -2.32. The maximum Gasteiger partial charge on any atom is 0.219 e. The number of furan rings is 1. The van der Waals surface area contributed by atoms with Crippen molar-refractivity contribution < 1.29 is 8.98 Å². The summed E-state index contributed by atoms with van der Waals surface area (Å²) in [5, 5.41) is 2.11. The summed E-state index contributed by atoms with van der Waals surface area (Å²) in [6.07, 6.45) is 2.10. The van der Waals surface area contributed by atoms with Crippen LogP contribution in [0.5, 0.6) is 0 Å². The van der Waals surface area contributed by atoms with Gasteiger partial charge in [-0.2, -0.15) is 0 Å². The second kappa shape index (κ2) is 7.11. The molecule has 0 aliphatic rings. The van der Waals surface area contributed by atoms with Crippen LogP contribution in [-0.4, -0.2) is 0 Å². The van der Waals surface area contributed by atoms with E-state index in [0.29, 0.717) is 5.69 Å². The molecule has 2 heterocycles. The molecule has 3 heteroatoms. The molecular formula is C28H23N2O+. The van der Waals surface area contributed by atoms with Crippen LogP contribution < -0.4 is 4.57 Å². The number of fused-ring (bicyclic) bond motifs is 3. The normalized spacial score (nSPS) is 11.2. The fourth-order valence-electron chi connectivity index (χ4n) is 4.50. The molecule has 0 amide bonds. The van der Waals surface area contributed by atoms with Gasteiger partial charge < -0.3 is 4.42 Å². The van der Waals surface area contributed by atoms with E-state index in [0.717, 1.165) is 44.3 Å². The van der Waals surface area contributed by atoms with E-state index < -0.39 is 0 Å². The van der Waals surface area contributed by atoms with Gasteiger partial charge in [0.05, 0.1) is 12.1 Å². The van der Waals surface area contributed by atoms with Crippen LogP contribution in [0.2, 0.25) is 0 Å². The lowest BCUT2D eigenvalue weighted by molar-refractivity contribution is -0.660. The predicted molar refractivity (Wildman–Crippen MR) is 126 cm³/mol. The molecule has 5 aromatic rings. The second-order valence-electron chi connectivity index (χ2n) is 8.13. The summed E-state index contributed by atoms with van der Waals surface area (Å²) >= 11 is 0. The molecule has 2 aromatic heterocycles. The van der Waals surface area contributed by atoms with Crippen LogP contribution >= 0.6 is 0 Å². The molecule has 0 aliphatic carbocycles. The highest BCUT2D eigenvalue weighted by molar-refractivity contribution is 6.15. The van der Waals surface area contributed by atoms with Gasteiger partial charge in [0.15, 0.2) is 11.9 Å². The SMILES string of the molecule is [C-]#[N+]c1ccc2c(oc3c(-c4c(C)c(C)cc[n+]4C)c(C)ccc32)c1-c1ccccc1. The molecule has 0 aliphatic heterocycles. The molecule has 0 saturated carbocycles. The lowest BCUT2D eigenvalue weighted by Gasteiger charge is -2.09. The number of nitrogens with zero attached hydrogens (tertiary/aromatic N) is 2. The van der Waals surface area contributed by atoms with E-state index in [2.05, 4.69) is 61.6 Å². The lowest BCUT2D eigenvalue weighted by atomic mass is 9.95. The minimum absolute atomic E-state index is 0.605. The van der Waals surface area contributed by atoms with E-state index in [9.17, 15) is 0 Å². The first-order chi connectivity index (χ1) is 15.0. The molecule has 0 atom stereocenters. The summed E-state index contributed by atoms with van der Waals surface area (Å²) in [6, 6.07) is 20.4. The Morgan fingerprint density at radius 3 is 2.16 bits per heavy atom. The highest BCUT2D eigenvalue weighted by atomic mass is 16.3. The molecule has 150 valence electrons. The molecule has 0 spiro atoms. The van der Waals surface area contributed by atoms with Crippen molar-refractivity contribution in [2.45, 2.75) is 20.8 Å². The molecule has 31 heavy (non-hydrogen) atoms. The van der Waals surface area contributed by atoms with E-state index in [1.54, 1.807) is 0 Å². The topological polar surface area (TPSA) is 21.4 Å². The Balaban J connectivity index is 1.95. The number of benzene rings is 3. The van der Waals surface area contributed by atoms with E-state index in [4.69, 9.17) is 11.0 Å². The van der Waals surface area contributed by atoms with Crippen LogP contribution in [0, 0.1) is 27.3 Å². The van der Waals surface area contributed by atoms with E-state index in [1.165, 1.54) is 16.7 Å². The van der Waals surface area contributed by atoms with Crippen molar-refractivity contribution >= 4 is 27.6 Å². The molecule has 0 radical (unpaired) electrons. The van der Waals surface area contributed by atoms with Crippen LogP contribution in [0.15, 0.2) is 71.3 Å². The summed E-state index contributed by atoms with van der Waals surface area (Å²) in [5.74, 6) is 0. The highest BCUT2D eigenvalue weighted by Gasteiger charge is 2.25.